The van der Waals surface area contributed by atoms with Crippen molar-refractivity contribution < 1.29 is 4.79 Å². The summed E-state index contributed by atoms with van der Waals surface area (Å²) >= 11 is 8.08. The normalized spacial score (nSPS) is 16.3. The van der Waals surface area contributed by atoms with Gasteiger partial charge in [-0.1, -0.05) is 11.6 Å². The van der Waals surface area contributed by atoms with Gasteiger partial charge in [0.1, 0.15) is 0 Å². The average molecular weight is 393 g/mol. The first kappa shape index (κ1) is 15.1. The molecule has 2 N–H and O–H groups in total. The van der Waals surface area contributed by atoms with Gasteiger partial charge in [0.05, 0.1) is 5.69 Å². The van der Waals surface area contributed by atoms with Crippen molar-refractivity contribution in [1.29, 1.82) is 0 Å². The van der Waals surface area contributed by atoms with Crippen LogP contribution in [0.25, 0.3) is 0 Å². The van der Waals surface area contributed by atoms with Crippen molar-refractivity contribution in [3.63, 3.8) is 0 Å². The third kappa shape index (κ3) is 4.93. The van der Waals surface area contributed by atoms with Crippen molar-refractivity contribution in [2.75, 3.05) is 18.4 Å². The van der Waals surface area contributed by atoms with Crippen LogP contribution in [0, 0.1) is 9.49 Å². The van der Waals surface area contributed by atoms with Gasteiger partial charge in [0.2, 0.25) is 5.91 Å². The van der Waals surface area contributed by atoms with Gasteiger partial charge in [-0.3, -0.25) is 4.79 Å². The van der Waals surface area contributed by atoms with E-state index in [1.807, 2.05) is 12.1 Å². The van der Waals surface area contributed by atoms with E-state index in [1.165, 1.54) is 12.8 Å². The lowest BCUT2D eigenvalue weighted by molar-refractivity contribution is -0.116. The molecule has 0 aromatic heterocycles. The number of halogens is 2. The van der Waals surface area contributed by atoms with E-state index in [0.29, 0.717) is 17.4 Å². The molecule has 1 heterocycles. The molecule has 0 aliphatic carbocycles. The predicted molar refractivity (Wildman–Crippen MR) is 87.6 cm³/mol. The first-order chi connectivity index (χ1) is 9.15. The molecule has 0 saturated carbocycles. The van der Waals surface area contributed by atoms with Crippen LogP contribution in [0.1, 0.15) is 25.7 Å². The quantitative estimate of drug-likeness (QED) is 0.768. The highest BCUT2D eigenvalue weighted by atomic mass is 127. The molecule has 0 radical (unpaired) electrons. The first-order valence-corrected chi connectivity index (χ1v) is 8.06. The maximum absolute atomic E-state index is 11.9. The fraction of sp³-hybridized carbons (Fsp3) is 0.500. The van der Waals surface area contributed by atoms with E-state index < -0.39 is 0 Å². The molecule has 1 amide bonds. The van der Waals surface area contributed by atoms with Crippen molar-refractivity contribution in [2.24, 2.45) is 5.92 Å². The third-order valence-corrected chi connectivity index (χ3v) is 4.57. The van der Waals surface area contributed by atoms with Crippen LogP contribution in [0.5, 0.6) is 0 Å². The van der Waals surface area contributed by atoms with E-state index in [1.54, 1.807) is 6.07 Å². The number of hydrogen-bond donors (Lipinski definition) is 2. The van der Waals surface area contributed by atoms with Gasteiger partial charge in [0.15, 0.2) is 0 Å². The number of amides is 1. The van der Waals surface area contributed by atoms with E-state index in [0.717, 1.165) is 28.8 Å². The zero-order chi connectivity index (χ0) is 13.7. The first-order valence-electron chi connectivity index (χ1n) is 6.61. The summed E-state index contributed by atoms with van der Waals surface area (Å²) in [5, 5.41) is 6.99. The molecule has 0 spiro atoms. The van der Waals surface area contributed by atoms with E-state index in [9.17, 15) is 4.79 Å². The van der Waals surface area contributed by atoms with Gasteiger partial charge in [-0.05, 0) is 79.1 Å². The fourth-order valence-electron chi connectivity index (χ4n) is 2.31. The topological polar surface area (TPSA) is 41.1 Å². The van der Waals surface area contributed by atoms with E-state index >= 15 is 0 Å². The van der Waals surface area contributed by atoms with Gasteiger partial charge in [-0.25, -0.2) is 0 Å². The molecule has 1 aromatic carbocycles. The van der Waals surface area contributed by atoms with Crippen molar-refractivity contribution >= 4 is 45.8 Å². The minimum absolute atomic E-state index is 0.0961. The van der Waals surface area contributed by atoms with Crippen LogP contribution in [0.2, 0.25) is 5.02 Å². The Bertz CT molecular complexity index is 447. The Morgan fingerprint density at radius 2 is 2.16 bits per heavy atom. The summed E-state index contributed by atoms with van der Waals surface area (Å²) in [5.74, 6) is 0.787. The van der Waals surface area contributed by atoms with Crippen molar-refractivity contribution in [2.45, 2.75) is 25.7 Å². The molecule has 5 heteroatoms. The molecule has 1 aliphatic heterocycles. The second kappa shape index (κ2) is 7.45. The maximum atomic E-state index is 11.9. The van der Waals surface area contributed by atoms with Gasteiger partial charge in [-0.15, -0.1) is 0 Å². The Balaban J connectivity index is 1.80. The number of nitrogens with one attached hydrogen (secondary N) is 2. The summed E-state index contributed by atoms with van der Waals surface area (Å²) in [5.41, 5.74) is 0.848. The molecule has 0 unspecified atom stereocenters. The smallest absolute Gasteiger partial charge is 0.224 e. The highest BCUT2D eigenvalue weighted by Gasteiger charge is 2.14. The Hall–Kier alpha value is -0.330. The average Bonchev–Trinajstić information content (AvgIpc) is 2.41. The minimum Gasteiger partial charge on any atom is -0.325 e. The number of benzene rings is 1. The monoisotopic (exact) mass is 392 g/mol. The van der Waals surface area contributed by atoms with Gasteiger partial charge in [0.25, 0.3) is 0 Å². The summed E-state index contributed by atoms with van der Waals surface area (Å²) in [6, 6.07) is 5.50. The summed E-state index contributed by atoms with van der Waals surface area (Å²) in [7, 11) is 0. The highest BCUT2D eigenvalue weighted by Crippen LogP contribution is 2.23. The molecule has 1 aliphatic rings. The zero-order valence-electron chi connectivity index (χ0n) is 10.7. The van der Waals surface area contributed by atoms with E-state index in [-0.39, 0.29) is 5.91 Å². The van der Waals surface area contributed by atoms with E-state index in [2.05, 4.69) is 33.2 Å². The molecule has 0 atom stereocenters. The highest BCUT2D eigenvalue weighted by molar-refractivity contribution is 14.1. The Morgan fingerprint density at radius 3 is 2.84 bits per heavy atom. The zero-order valence-corrected chi connectivity index (χ0v) is 13.6. The molecule has 1 aromatic rings. The van der Waals surface area contributed by atoms with Crippen LogP contribution in [0.4, 0.5) is 5.69 Å². The second-order valence-corrected chi connectivity index (χ2v) is 6.50. The van der Waals surface area contributed by atoms with Crippen LogP contribution in [-0.4, -0.2) is 19.0 Å². The minimum atomic E-state index is 0.0961. The summed E-state index contributed by atoms with van der Waals surface area (Å²) < 4.78 is 0.973. The molecular weight excluding hydrogens is 375 g/mol. The molecular formula is C14H18ClIN2O. The molecule has 1 fully saturated rings. The summed E-state index contributed by atoms with van der Waals surface area (Å²) in [6.07, 6.45) is 3.96. The number of hydrogen-bond acceptors (Lipinski definition) is 2. The molecule has 3 nitrogen and oxygen atoms in total. The fourth-order valence-corrected chi connectivity index (χ4v) is 3.32. The lowest BCUT2D eigenvalue weighted by atomic mass is 9.93. The molecule has 1 saturated heterocycles. The summed E-state index contributed by atoms with van der Waals surface area (Å²) in [4.78, 5) is 11.9. The van der Waals surface area contributed by atoms with Crippen LogP contribution in [0.3, 0.4) is 0 Å². The largest absolute Gasteiger partial charge is 0.325 e. The van der Waals surface area contributed by atoms with Gasteiger partial charge < -0.3 is 10.6 Å². The Morgan fingerprint density at radius 1 is 1.42 bits per heavy atom. The van der Waals surface area contributed by atoms with Crippen molar-refractivity contribution in [3.05, 3.63) is 26.8 Å². The predicted octanol–water partition coefficient (Wildman–Crippen LogP) is 3.66. The summed E-state index contributed by atoms with van der Waals surface area (Å²) in [6.45, 7) is 2.17. The number of piperidine rings is 1. The number of rotatable bonds is 4. The number of carbonyl (C=O) groups excluding carboxylic acids is 1. The Labute approximate surface area is 132 Å². The van der Waals surface area contributed by atoms with Crippen LogP contribution < -0.4 is 10.6 Å². The van der Waals surface area contributed by atoms with Crippen LogP contribution >= 0.6 is 34.2 Å². The van der Waals surface area contributed by atoms with Crippen LogP contribution in [-0.2, 0) is 4.79 Å². The van der Waals surface area contributed by atoms with Crippen molar-refractivity contribution in [1.82, 2.24) is 5.32 Å². The number of carbonyl (C=O) groups is 1. The van der Waals surface area contributed by atoms with Gasteiger partial charge in [0, 0.05) is 15.0 Å². The van der Waals surface area contributed by atoms with Gasteiger partial charge in [-0.2, -0.15) is 0 Å². The lowest BCUT2D eigenvalue weighted by Gasteiger charge is -2.22. The molecule has 104 valence electrons. The second-order valence-electron chi connectivity index (χ2n) is 4.90. The lowest BCUT2D eigenvalue weighted by Crippen LogP contribution is -2.28. The van der Waals surface area contributed by atoms with Crippen molar-refractivity contribution in [3.8, 4) is 0 Å². The van der Waals surface area contributed by atoms with E-state index in [4.69, 9.17) is 11.6 Å². The van der Waals surface area contributed by atoms with Crippen LogP contribution in [0.15, 0.2) is 18.2 Å². The molecule has 19 heavy (non-hydrogen) atoms. The Kier molecular flexibility index (Phi) is 5.91. The maximum Gasteiger partial charge on any atom is 0.224 e. The standard InChI is InChI=1S/C14H18ClIN2O/c15-11-2-3-13(12(16)9-11)18-14(19)4-1-10-5-7-17-8-6-10/h2-3,9-10,17H,1,4-8H2,(H,18,19). The van der Waals surface area contributed by atoms with Gasteiger partial charge >= 0.3 is 0 Å². The molecule has 2 rings (SSSR count). The SMILES string of the molecule is O=C(CCC1CCNCC1)Nc1ccc(Cl)cc1I. The number of anilines is 1. The third-order valence-electron chi connectivity index (χ3n) is 3.44. The molecule has 0 bridgehead atoms.